The van der Waals surface area contributed by atoms with Crippen LogP contribution in [0.1, 0.15) is 68.9 Å². The number of carbonyl (C=O) groups is 1. The molecule has 1 saturated carbocycles. The Morgan fingerprint density at radius 2 is 1.70 bits per heavy atom. The molecule has 1 amide bonds. The van der Waals surface area contributed by atoms with Crippen molar-refractivity contribution in [1.29, 1.82) is 0 Å². The van der Waals surface area contributed by atoms with Crippen LogP contribution in [0.3, 0.4) is 0 Å². The first-order valence-electron chi connectivity index (χ1n) is 12.8. The van der Waals surface area contributed by atoms with Gasteiger partial charge in [0.25, 0.3) is 0 Å². The number of nitrogens with one attached hydrogen (secondary N) is 2. The fraction of sp³-hybridized carbons (Fsp3) is 0.692. The minimum absolute atomic E-state index is 0. The Bertz CT molecular complexity index is 747. The molecular weight excluding hydrogens is 525 g/mol. The number of piperidine rings is 1. The molecule has 2 aliphatic heterocycles. The highest BCUT2D eigenvalue weighted by Crippen LogP contribution is 2.25. The van der Waals surface area contributed by atoms with Gasteiger partial charge in [-0.15, -0.1) is 24.0 Å². The van der Waals surface area contributed by atoms with Crippen molar-refractivity contribution in [3.05, 3.63) is 35.4 Å². The second kappa shape index (κ2) is 13.5. The highest BCUT2D eigenvalue weighted by Gasteiger charge is 2.24. The third-order valence-corrected chi connectivity index (χ3v) is 7.45. The fourth-order valence-corrected chi connectivity index (χ4v) is 5.50. The average molecular weight is 568 g/mol. The quantitative estimate of drug-likeness (QED) is 0.225. The Morgan fingerprint density at radius 1 is 1.03 bits per heavy atom. The zero-order valence-corrected chi connectivity index (χ0v) is 22.6. The Kier molecular flexibility index (Phi) is 10.8. The summed E-state index contributed by atoms with van der Waals surface area (Å²) in [7, 11) is 1.83. The van der Waals surface area contributed by atoms with E-state index in [1.54, 1.807) is 0 Å². The van der Waals surface area contributed by atoms with Crippen molar-refractivity contribution < 1.29 is 4.79 Å². The van der Waals surface area contributed by atoms with Crippen molar-refractivity contribution >= 4 is 35.8 Å². The summed E-state index contributed by atoms with van der Waals surface area (Å²) in [6.07, 6.45) is 10.9. The van der Waals surface area contributed by atoms with Crippen molar-refractivity contribution in [1.82, 2.24) is 20.4 Å². The van der Waals surface area contributed by atoms with Crippen LogP contribution in [0, 0.1) is 5.92 Å². The number of hydrogen-bond donors (Lipinski definition) is 2. The molecule has 0 unspecified atom stereocenters. The number of fused-ring (bicyclic) bond motifs is 1. The monoisotopic (exact) mass is 567 g/mol. The number of hydrogen-bond acceptors (Lipinski definition) is 3. The van der Waals surface area contributed by atoms with Crippen molar-refractivity contribution in [2.45, 2.75) is 76.9 Å². The van der Waals surface area contributed by atoms with E-state index in [4.69, 9.17) is 0 Å². The van der Waals surface area contributed by atoms with Crippen LogP contribution in [0.5, 0.6) is 0 Å². The number of likely N-dealkylation sites (tertiary alicyclic amines) is 1. The van der Waals surface area contributed by atoms with Crippen LogP contribution in [0.15, 0.2) is 29.3 Å². The number of benzene rings is 1. The lowest BCUT2D eigenvalue weighted by atomic mass is 9.88. The van der Waals surface area contributed by atoms with E-state index in [0.29, 0.717) is 12.5 Å². The van der Waals surface area contributed by atoms with Crippen LogP contribution in [-0.4, -0.2) is 60.9 Å². The molecule has 7 heteroatoms. The molecule has 0 aromatic heterocycles. The van der Waals surface area contributed by atoms with Gasteiger partial charge >= 0.3 is 0 Å². The van der Waals surface area contributed by atoms with Gasteiger partial charge in [-0.3, -0.25) is 9.79 Å². The molecule has 2 heterocycles. The molecule has 0 bridgehead atoms. The van der Waals surface area contributed by atoms with E-state index in [2.05, 4.69) is 44.8 Å². The van der Waals surface area contributed by atoms with Gasteiger partial charge in [0.2, 0.25) is 5.91 Å². The number of amides is 1. The van der Waals surface area contributed by atoms with Crippen molar-refractivity contribution in [2.24, 2.45) is 10.9 Å². The predicted molar refractivity (Wildman–Crippen MR) is 146 cm³/mol. The molecular formula is C26H42IN5O. The Morgan fingerprint density at radius 3 is 2.33 bits per heavy atom. The maximum atomic E-state index is 12.6. The highest BCUT2D eigenvalue weighted by molar-refractivity contribution is 14.0. The molecule has 33 heavy (non-hydrogen) atoms. The summed E-state index contributed by atoms with van der Waals surface area (Å²) in [5.41, 5.74) is 2.57. The third kappa shape index (κ3) is 7.84. The Labute approximate surface area is 217 Å². The zero-order chi connectivity index (χ0) is 22.2. The Hall–Kier alpha value is -1.35. The van der Waals surface area contributed by atoms with Crippen LogP contribution in [0.25, 0.3) is 0 Å². The molecule has 3 aliphatic rings. The molecule has 1 aromatic rings. The van der Waals surface area contributed by atoms with Crippen LogP contribution in [-0.2, 0) is 17.9 Å². The van der Waals surface area contributed by atoms with E-state index in [1.165, 1.54) is 75.7 Å². The van der Waals surface area contributed by atoms with E-state index in [1.807, 2.05) is 11.9 Å². The summed E-state index contributed by atoms with van der Waals surface area (Å²) < 4.78 is 0. The van der Waals surface area contributed by atoms with Gasteiger partial charge in [-0.25, -0.2) is 0 Å². The average Bonchev–Trinajstić information content (AvgIpc) is 3.27. The molecule has 2 N–H and O–H groups in total. The first-order chi connectivity index (χ1) is 15.7. The number of guanidine groups is 1. The molecule has 184 valence electrons. The summed E-state index contributed by atoms with van der Waals surface area (Å²) >= 11 is 0. The maximum Gasteiger partial charge on any atom is 0.223 e. The van der Waals surface area contributed by atoms with Crippen molar-refractivity contribution in [3.8, 4) is 0 Å². The lowest BCUT2D eigenvalue weighted by Crippen LogP contribution is -2.49. The van der Waals surface area contributed by atoms with Crippen molar-refractivity contribution in [3.63, 3.8) is 0 Å². The molecule has 4 rings (SSSR count). The smallest absolute Gasteiger partial charge is 0.223 e. The standard InChI is InChI=1S/C26H41N5O.HI/c1-27-26(29-24-13-16-30(17-14-24)18-21-8-3-2-4-9-21)28-15-7-12-25(32)31-19-22-10-5-6-11-23(22)20-31;/h5-6,10-11,21,24H,2-4,7-9,12-20H2,1H3,(H2,27,28,29);1H. The second-order valence-corrected chi connectivity index (χ2v) is 9.84. The topological polar surface area (TPSA) is 60.0 Å². The summed E-state index contributed by atoms with van der Waals surface area (Å²) in [6, 6.07) is 8.85. The first kappa shape index (κ1) is 26.3. The normalized spacial score (nSPS) is 20.3. The first-order valence-corrected chi connectivity index (χ1v) is 12.8. The van der Waals surface area contributed by atoms with Crippen LogP contribution >= 0.6 is 24.0 Å². The molecule has 1 aliphatic carbocycles. The SMILES string of the molecule is CN=C(NCCCC(=O)N1Cc2ccccc2C1)NC1CCN(CC2CCCCC2)CC1.I. The van der Waals surface area contributed by atoms with Gasteiger partial charge in [0, 0.05) is 58.8 Å². The molecule has 0 spiro atoms. The number of rotatable bonds is 7. The highest BCUT2D eigenvalue weighted by atomic mass is 127. The third-order valence-electron chi connectivity index (χ3n) is 7.45. The van der Waals surface area contributed by atoms with Gasteiger partial charge in [-0.05, 0) is 49.1 Å². The number of halogens is 1. The van der Waals surface area contributed by atoms with Crippen LogP contribution in [0.4, 0.5) is 0 Å². The summed E-state index contributed by atoms with van der Waals surface area (Å²) in [5.74, 6) is 2.05. The zero-order valence-electron chi connectivity index (χ0n) is 20.2. The van der Waals surface area contributed by atoms with Crippen LogP contribution < -0.4 is 10.6 Å². The van der Waals surface area contributed by atoms with E-state index < -0.39 is 0 Å². The van der Waals surface area contributed by atoms with E-state index in [-0.39, 0.29) is 29.9 Å². The van der Waals surface area contributed by atoms with Crippen LogP contribution in [0.2, 0.25) is 0 Å². The molecule has 0 radical (unpaired) electrons. The number of carbonyl (C=O) groups excluding carboxylic acids is 1. The van der Waals surface area contributed by atoms with E-state index in [9.17, 15) is 4.79 Å². The number of aliphatic imine (C=N–C) groups is 1. The Balaban J connectivity index is 0.00000306. The minimum atomic E-state index is 0. The van der Waals surface area contributed by atoms with Gasteiger partial charge in [0.15, 0.2) is 5.96 Å². The van der Waals surface area contributed by atoms with E-state index in [0.717, 1.165) is 37.9 Å². The predicted octanol–water partition coefficient (Wildman–Crippen LogP) is 4.14. The molecule has 6 nitrogen and oxygen atoms in total. The minimum Gasteiger partial charge on any atom is -0.356 e. The lowest BCUT2D eigenvalue weighted by Gasteiger charge is -2.36. The largest absolute Gasteiger partial charge is 0.356 e. The van der Waals surface area contributed by atoms with Crippen molar-refractivity contribution in [2.75, 3.05) is 33.2 Å². The van der Waals surface area contributed by atoms with E-state index >= 15 is 0 Å². The van der Waals surface area contributed by atoms with Gasteiger partial charge < -0.3 is 20.4 Å². The van der Waals surface area contributed by atoms with Gasteiger partial charge in [0.05, 0.1) is 0 Å². The van der Waals surface area contributed by atoms with Gasteiger partial charge in [-0.2, -0.15) is 0 Å². The molecule has 1 aromatic carbocycles. The van der Waals surface area contributed by atoms with Gasteiger partial charge in [0.1, 0.15) is 0 Å². The summed E-state index contributed by atoms with van der Waals surface area (Å²) in [4.78, 5) is 21.6. The number of nitrogens with zero attached hydrogens (tertiary/aromatic N) is 3. The molecule has 2 fully saturated rings. The second-order valence-electron chi connectivity index (χ2n) is 9.84. The maximum absolute atomic E-state index is 12.6. The molecule has 0 atom stereocenters. The van der Waals surface area contributed by atoms with Gasteiger partial charge in [-0.1, -0.05) is 43.5 Å². The lowest BCUT2D eigenvalue weighted by molar-refractivity contribution is -0.131. The molecule has 1 saturated heterocycles. The summed E-state index contributed by atoms with van der Waals surface area (Å²) in [6.45, 7) is 5.97. The fourth-order valence-electron chi connectivity index (χ4n) is 5.50. The summed E-state index contributed by atoms with van der Waals surface area (Å²) in [5, 5.41) is 7.01.